The van der Waals surface area contributed by atoms with Gasteiger partial charge in [-0.25, -0.2) is 8.78 Å². The van der Waals surface area contributed by atoms with Gasteiger partial charge in [0, 0.05) is 11.6 Å². The monoisotopic (exact) mass is 366 g/mol. The second-order valence-corrected chi connectivity index (χ2v) is 6.61. The van der Waals surface area contributed by atoms with Gasteiger partial charge in [-0.3, -0.25) is 0 Å². The average Bonchev–Trinajstić information content (AvgIpc) is 2.68. The van der Waals surface area contributed by atoms with E-state index < -0.39 is 5.82 Å². The van der Waals surface area contributed by atoms with Gasteiger partial charge in [0.25, 0.3) is 0 Å². The van der Waals surface area contributed by atoms with Crippen LogP contribution >= 0.6 is 0 Å². The molecule has 0 saturated heterocycles. The summed E-state index contributed by atoms with van der Waals surface area (Å²) in [5.41, 5.74) is 2.62. The molecule has 0 fully saturated rings. The van der Waals surface area contributed by atoms with Crippen molar-refractivity contribution in [2.45, 2.75) is 32.6 Å². The molecule has 0 aliphatic heterocycles. The van der Waals surface area contributed by atoms with Crippen molar-refractivity contribution in [1.29, 1.82) is 0 Å². The first kappa shape index (κ1) is 19.1. The van der Waals surface area contributed by atoms with Crippen molar-refractivity contribution in [3.05, 3.63) is 78.4 Å². The van der Waals surface area contributed by atoms with Crippen LogP contribution in [0.1, 0.15) is 32.6 Å². The molecule has 3 heteroatoms. The average molecular weight is 366 g/mol. The lowest BCUT2D eigenvalue weighted by Crippen LogP contribution is -1.98. The Morgan fingerprint density at radius 1 is 0.741 bits per heavy atom. The molecule has 0 heterocycles. The Kier molecular flexibility index (Phi) is 6.59. The molecule has 3 aromatic carbocycles. The molecule has 0 unspecified atom stereocenters. The fraction of sp³-hybridized carbons (Fsp3) is 0.250. The van der Waals surface area contributed by atoms with Gasteiger partial charge in [-0.05, 0) is 47.4 Å². The highest BCUT2D eigenvalue weighted by Crippen LogP contribution is 2.35. The number of halogens is 2. The largest absolute Gasteiger partial charge is 0.493 e. The third-order valence-electron chi connectivity index (χ3n) is 4.56. The number of ether oxygens (including phenoxy) is 1. The third-order valence-corrected chi connectivity index (χ3v) is 4.56. The van der Waals surface area contributed by atoms with Gasteiger partial charge in [-0.2, -0.15) is 0 Å². The van der Waals surface area contributed by atoms with E-state index in [0.29, 0.717) is 23.5 Å². The van der Waals surface area contributed by atoms with E-state index in [2.05, 4.69) is 6.92 Å². The summed E-state index contributed by atoms with van der Waals surface area (Å²) >= 11 is 0. The number of rotatable bonds is 8. The lowest BCUT2D eigenvalue weighted by atomic mass is 9.94. The van der Waals surface area contributed by atoms with Gasteiger partial charge in [-0.15, -0.1) is 0 Å². The molecule has 0 atom stereocenters. The lowest BCUT2D eigenvalue weighted by Gasteiger charge is -2.13. The maximum absolute atomic E-state index is 14.8. The van der Waals surface area contributed by atoms with Gasteiger partial charge in [-0.1, -0.05) is 62.6 Å². The summed E-state index contributed by atoms with van der Waals surface area (Å²) in [6.07, 6.45) is 4.42. The Morgan fingerprint density at radius 2 is 1.52 bits per heavy atom. The number of unbranched alkanes of at least 4 members (excludes halogenated alkanes) is 3. The zero-order chi connectivity index (χ0) is 19.1. The van der Waals surface area contributed by atoms with E-state index in [1.807, 2.05) is 30.3 Å². The lowest BCUT2D eigenvalue weighted by molar-refractivity contribution is 0.303. The van der Waals surface area contributed by atoms with E-state index in [9.17, 15) is 8.78 Å². The van der Waals surface area contributed by atoms with Gasteiger partial charge >= 0.3 is 0 Å². The Balaban J connectivity index is 1.85. The zero-order valence-electron chi connectivity index (χ0n) is 15.6. The highest BCUT2D eigenvalue weighted by molar-refractivity contribution is 5.83. The first-order chi connectivity index (χ1) is 13.2. The van der Waals surface area contributed by atoms with E-state index >= 15 is 0 Å². The Labute approximate surface area is 159 Å². The summed E-state index contributed by atoms with van der Waals surface area (Å²) in [5, 5.41) is 0. The number of hydrogen-bond acceptors (Lipinski definition) is 1. The minimum absolute atomic E-state index is 0.367. The van der Waals surface area contributed by atoms with Crippen LogP contribution in [-0.4, -0.2) is 6.61 Å². The molecule has 0 spiro atoms. The summed E-state index contributed by atoms with van der Waals surface area (Å²) in [5.74, 6) is -0.297. The van der Waals surface area contributed by atoms with Crippen molar-refractivity contribution >= 4 is 0 Å². The van der Waals surface area contributed by atoms with Gasteiger partial charge in [0.2, 0.25) is 0 Å². The SMILES string of the molecule is CCCCCCOc1ccc(-c2cc(F)ccc2-c2ccccc2)c(F)c1. The molecule has 0 aromatic heterocycles. The van der Waals surface area contributed by atoms with Crippen LogP contribution in [-0.2, 0) is 0 Å². The van der Waals surface area contributed by atoms with E-state index in [1.54, 1.807) is 18.2 Å². The highest BCUT2D eigenvalue weighted by atomic mass is 19.1. The maximum Gasteiger partial charge on any atom is 0.134 e. The Hall–Kier alpha value is -2.68. The molecule has 27 heavy (non-hydrogen) atoms. The van der Waals surface area contributed by atoms with Gasteiger partial charge in [0.1, 0.15) is 17.4 Å². The molecule has 0 saturated carbocycles. The molecule has 0 aliphatic carbocycles. The molecule has 0 N–H and O–H groups in total. The second-order valence-electron chi connectivity index (χ2n) is 6.61. The fourth-order valence-corrected chi connectivity index (χ4v) is 3.13. The van der Waals surface area contributed by atoms with E-state index in [-0.39, 0.29) is 5.82 Å². The standard InChI is InChI=1S/C24H24F2O/c1-2-3-4-8-15-27-20-12-14-22(24(26)17-20)23-16-19(25)11-13-21(23)18-9-6-5-7-10-18/h5-7,9-14,16-17H,2-4,8,15H2,1H3. The molecule has 0 aliphatic rings. The smallest absolute Gasteiger partial charge is 0.134 e. The molecule has 3 rings (SSSR count). The van der Waals surface area contributed by atoms with Gasteiger partial charge < -0.3 is 4.74 Å². The number of benzene rings is 3. The summed E-state index contributed by atoms with van der Waals surface area (Å²) < 4.78 is 34.3. The maximum atomic E-state index is 14.8. The van der Waals surface area contributed by atoms with Crippen molar-refractivity contribution in [2.75, 3.05) is 6.61 Å². The van der Waals surface area contributed by atoms with Crippen molar-refractivity contribution < 1.29 is 13.5 Å². The van der Waals surface area contributed by atoms with Crippen LogP contribution in [0.3, 0.4) is 0 Å². The predicted octanol–water partition coefficient (Wildman–Crippen LogP) is 7.26. The normalized spacial score (nSPS) is 10.8. The number of hydrogen-bond donors (Lipinski definition) is 0. The predicted molar refractivity (Wildman–Crippen MR) is 107 cm³/mol. The van der Waals surface area contributed by atoms with Crippen LogP contribution in [0.25, 0.3) is 22.3 Å². The topological polar surface area (TPSA) is 9.23 Å². The van der Waals surface area contributed by atoms with Crippen LogP contribution < -0.4 is 4.74 Å². The summed E-state index contributed by atoms with van der Waals surface area (Å²) in [6, 6.07) is 18.9. The Bertz CT molecular complexity index is 875. The third kappa shape index (κ3) is 4.94. The zero-order valence-corrected chi connectivity index (χ0v) is 15.6. The second kappa shape index (κ2) is 9.31. The van der Waals surface area contributed by atoms with Crippen LogP contribution in [0.5, 0.6) is 5.75 Å². The van der Waals surface area contributed by atoms with Crippen molar-refractivity contribution in [2.24, 2.45) is 0 Å². The molecular weight excluding hydrogens is 342 g/mol. The quantitative estimate of drug-likeness (QED) is 0.381. The first-order valence-electron chi connectivity index (χ1n) is 9.46. The van der Waals surface area contributed by atoms with E-state index in [4.69, 9.17) is 4.74 Å². The molecule has 140 valence electrons. The van der Waals surface area contributed by atoms with Crippen molar-refractivity contribution in [1.82, 2.24) is 0 Å². The van der Waals surface area contributed by atoms with Crippen molar-refractivity contribution in [3.8, 4) is 28.0 Å². The van der Waals surface area contributed by atoms with Crippen LogP contribution in [0.15, 0.2) is 66.7 Å². The first-order valence-corrected chi connectivity index (χ1v) is 9.46. The van der Waals surface area contributed by atoms with E-state index in [0.717, 1.165) is 24.0 Å². The molecular formula is C24H24F2O. The Morgan fingerprint density at radius 3 is 2.26 bits per heavy atom. The summed E-state index contributed by atoms with van der Waals surface area (Å²) in [7, 11) is 0. The van der Waals surface area contributed by atoms with Crippen LogP contribution in [0.2, 0.25) is 0 Å². The minimum atomic E-state index is -0.413. The fourth-order valence-electron chi connectivity index (χ4n) is 3.13. The summed E-state index contributed by atoms with van der Waals surface area (Å²) in [4.78, 5) is 0. The van der Waals surface area contributed by atoms with Crippen LogP contribution in [0, 0.1) is 11.6 Å². The molecule has 0 bridgehead atoms. The van der Waals surface area contributed by atoms with E-state index in [1.165, 1.54) is 31.0 Å². The van der Waals surface area contributed by atoms with Crippen LogP contribution in [0.4, 0.5) is 8.78 Å². The minimum Gasteiger partial charge on any atom is -0.493 e. The molecule has 0 amide bonds. The van der Waals surface area contributed by atoms with Gasteiger partial charge in [0.05, 0.1) is 6.61 Å². The summed E-state index contributed by atoms with van der Waals surface area (Å²) in [6.45, 7) is 2.74. The molecule has 0 radical (unpaired) electrons. The molecule has 3 aromatic rings. The van der Waals surface area contributed by atoms with Crippen molar-refractivity contribution in [3.63, 3.8) is 0 Å². The highest BCUT2D eigenvalue weighted by Gasteiger charge is 2.13. The molecule has 1 nitrogen and oxygen atoms in total. The van der Waals surface area contributed by atoms with Gasteiger partial charge in [0.15, 0.2) is 0 Å².